The molecule has 0 saturated heterocycles. The zero-order valence-corrected chi connectivity index (χ0v) is 32.6. The first-order chi connectivity index (χ1) is 22.7. The van der Waals surface area contributed by atoms with Gasteiger partial charge in [-0.1, -0.05) is 111 Å². The van der Waals surface area contributed by atoms with E-state index in [1.807, 2.05) is 18.2 Å². The van der Waals surface area contributed by atoms with E-state index in [1.165, 1.54) is 16.7 Å². The van der Waals surface area contributed by atoms with E-state index in [0.29, 0.717) is 0 Å². The first-order valence-electron chi connectivity index (χ1n) is 17.2. The second-order valence-electron chi connectivity index (χ2n) is 15.7. The summed E-state index contributed by atoms with van der Waals surface area (Å²) >= 11 is 0. The maximum absolute atomic E-state index is 12.2. The number of para-hydroxylation sites is 2. The summed E-state index contributed by atoms with van der Waals surface area (Å²) in [5.41, 5.74) is 11.9. The molecular weight excluding hydrogens is 781 g/mol. The van der Waals surface area contributed by atoms with Gasteiger partial charge in [-0.2, -0.15) is 42.0 Å². The van der Waals surface area contributed by atoms with Gasteiger partial charge in [-0.15, -0.1) is 23.8 Å². The van der Waals surface area contributed by atoms with Crippen molar-refractivity contribution >= 4 is 11.0 Å². The Morgan fingerprint density at radius 3 is 1.88 bits per heavy atom. The molecule has 0 unspecified atom stereocenters. The fourth-order valence-electron chi connectivity index (χ4n) is 6.65. The van der Waals surface area contributed by atoms with Crippen molar-refractivity contribution in [3.63, 3.8) is 0 Å². The second-order valence-corrected chi connectivity index (χ2v) is 15.7. The smallest absolute Gasteiger partial charge is 0.148 e. The molecule has 49 heavy (non-hydrogen) atoms. The number of aromatic nitrogens is 2. The second kappa shape index (κ2) is 13.8. The van der Waals surface area contributed by atoms with Crippen molar-refractivity contribution in [2.45, 2.75) is 91.9 Å². The Morgan fingerprint density at radius 1 is 0.673 bits per heavy atom. The summed E-state index contributed by atoms with van der Waals surface area (Å²) in [4.78, 5) is 5.52. The zero-order chi connectivity index (χ0) is 34.5. The molecule has 0 saturated carbocycles. The van der Waals surface area contributed by atoms with E-state index in [0.717, 1.165) is 55.9 Å². The average molecular weight is 830 g/mol. The van der Waals surface area contributed by atoms with Gasteiger partial charge in [0.25, 0.3) is 0 Å². The minimum atomic E-state index is -0.273. The summed E-state index contributed by atoms with van der Waals surface area (Å²) in [6.45, 7) is 22.2. The van der Waals surface area contributed by atoms with E-state index in [1.54, 1.807) is 0 Å². The van der Waals surface area contributed by atoms with Crippen LogP contribution in [0.25, 0.3) is 50.4 Å². The van der Waals surface area contributed by atoms with Crippen molar-refractivity contribution < 1.29 is 27.5 Å². The van der Waals surface area contributed by atoms with Gasteiger partial charge in [0.15, 0.2) is 0 Å². The number of phenols is 1. The van der Waals surface area contributed by atoms with Gasteiger partial charge in [-0.3, -0.25) is 4.57 Å². The van der Waals surface area contributed by atoms with Crippen LogP contribution in [-0.4, -0.2) is 14.7 Å². The zero-order valence-electron chi connectivity index (χ0n) is 30.5. The van der Waals surface area contributed by atoms with Crippen LogP contribution < -0.4 is 0 Å². The predicted molar refractivity (Wildman–Crippen MR) is 202 cm³/mol. The Balaban J connectivity index is 0.00000468. The number of aromatic hydroxyl groups is 1. The first-order valence-corrected chi connectivity index (χ1v) is 17.2. The number of hydrogen-bond acceptors (Lipinski definition) is 2. The third-order valence-electron chi connectivity index (χ3n) is 9.36. The first kappa shape index (κ1) is 36.4. The molecule has 6 aromatic rings. The third kappa shape index (κ3) is 6.95. The standard InChI is InChI=1S/C45H48N2O.Au/c1-28(2)34-21-15-22-35(29(3)4)41(34)47-39-24-16-23-36(32-20-14-19-31(25-32)30-17-12-11-13-18-30)40(39)46-43(47)37-26-33(44(5,6)7)27-38(42(37)48)45(8,9)10;/h11-17,19-24,26-29,48H,1-10H3;/q-2;. The molecule has 1 aromatic heterocycles. The fraction of sp³-hybridized carbons (Fsp3) is 0.311. The summed E-state index contributed by atoms with van der Waals surface area (Å²) in [6, 6.07) is 38.7. The maximum Gasteiger partial charge on any atom is 0.148 e. The van der Waals surface area contributed by atoms with Gasteiger partial charge in [-0.25, -0.2) is 10.5 Å². The van der Waals surface area contributed by atoms with E-state index in [4.69, 9.17) is 4.98 Å². The van der Waals surface area contributed by atoms with E-state index in [9.17, 15) is 5.11 Å². The number of phenolic OH excluding ortho intramolecular Hbond substituents is 1. The topological polar surface area (TPSA) is 38.0 Å². The van der Waals surface area contributed by atoms with Crippen LogP contribution in [0.15, 0.2) is 91.0 Å². The van der Waals surface area contributed by atoms with Gasteiger partial charge in [0.2, 0.25) is 0 Å². The normalized spacial score (nSPS) is 12.2. The molecular formula is C45H48AuN2O-2. The largest absolute Gasteiger partial charge is 0.507 e. The Morgan fingerprint density at radius 2 is 1.29 bits per heavy atom. The predicted octanol–water partition coefficient (Wildman–Crippen LogP) is 12.2. The van der Waals surface area contributed by atoms with Crippen LogP contribution in [0.2, 0.25) is 0 Å². The Labute approximate surface area is 309 Å². The molecule has 0 spiro atoms. The minimum Gasteiger partial charge on any atom is -0.507 e. The van der Waals surface area contributed by atoms with Gasteiger partial charge < -0.3 is 5.11 Å². The van der Waals surface area contributed by atoms with Crippen LogP contribution in [0.3, 0.4) is 0 Å². The molecule has 0 amide bonds. The molecule has 3 nitrogen and oxygen atoms in total. The summed E-state index contributed by atoms with van der Waals surface area (Å²) in [5.74, 6) is 1.59. The number of rotatable bonds is 6. The average Bonchev–Trinajstić information content (AvgIpc) is 3.43. The van der Waals surface area contributed by atoms with Crippen molar-refractivity contribution in [3.05, 3.63) is 125 Å². The maximum atomic E-state index is 12.2. The van der Waals surface area contributed by atoms with Crippen molar-refractivity contribution in [3.8, 4) is 45.1 Å². The summed E-state index contributed by atoms with van der Waals surface area (Å²) < 4.78 is 2.33. The van der Waals surface area contributed by atoms with Crippen molar-refractivity contribution in [1.82, 2.24) is 9.55 Å². The number of imidazole rings is 1. The summed E-state index contributed by atoms with van der Waals surface area (Å²) in [7, 11) is 0. The van der Waals surface area contributed by atoms with Crippen LogP contribution in [0.5, 0.6) is 5.75 Å². The van der Waals surface area contributed by atoms with E-state index >= 15 is 0 Å². The molecule has 0 bridgehead atoms. The van der Waals surface area contributed by atoms with Crippen LogP contribution in [0.4, 0.5) is 0 Å². The van der Waals surface area contributed by atoms with Gasteiger partial charge in [0.05, 0.1) is 22.3 Å². The Hall–Kier alpha value is -3.89. The van der Waals surface area contributed by atoms with E-state index in [-0.39, 0.29) is 50.8 Å². The minimum absolute atomic E-state index is 0. The molecule has 0 aliphatic rings. The SMILES string of the molecule is CC(C)c1cccc(C(C)C)c1-n1c(-c2cc(C(C)(C)C)cc(C(C)(C)C)c2O)nc2c(-c3[c-]c(-c4[c-]cccc4)ccc3)cccc21.[Au]. The number of benzene rings is 5. The molecule has 1 heterocycles. The van der Waals surface area contributed by atoms with Gasteiger partial charge in [0, 0.05) is 27.9 Å². The van der Waals surface area contributed by atoms with Gasteiger partial charge in [0.1, 0.15) is 11.6 Å². The van der Waals surface area contributed by atoms with Gasteiger partial charge in [-0.05, 0) is 51.5 Å². The molecule has 257 valence electrons. The molecule has 1 N–H and O–H groups in total. The van der Waals surface area contributed by atoms with Crippen LogP contribution in [0.1, 0.15) is 103 Å². The molecule has 0 aliphatic carbocycles. The van der Waals surface area contributed by atoms with E-state index < -0.39 is 0 Å². The number of hydrogen-bond donors (Lipinski definition) is 1. The van der Waals surface area contributed by atoms with Crippen molar-refractivity contribution in [2.75, 3.05) is 0 Å². The number of nitrogens with zero attached hydrogens (tertiary/aromatic N) is 2. The van der Waals surface area contributed by atoms with Crippen LogP contribution >= 0.6 is 0 Å². The van der Waals surface area contributed by atoms with Gasteiger partial charge >= 0.3 is 0 Å². The fourth-order valence-corrected chi connectivity index (χ4v) is 6.65. The summed E-state index contributed by atoms with van der Waals surface area (Å²) in [5, 5.41) is 12.2. The van der Waals surface area contributed by atoms with Crippen molar-refractivity contribution in [2.24, 2.45) is 0 Å². The third-order valence-corrected chi connectivity index (χ3v) is 9.36. The molecule has 0 atom stereocenters. The Kier molecular flexibility index (Phi) is 10.2. The Bertz CT molecular complexity index is 2080. The molecule has 5 aromatic carbocycles. The molecule has 0 aliphatic heterocycles. The van der Waals surface area contributed by atoms with E-state index in [2.05, 4.69) is 159 Å². The number of fused-ring (bicyclic) bond motifs is 1. The molecule has 0 fully saturated rings. The molecule has 4 heteroatoms. The van der Waals surface area contributed by atoms with Crippen molar-refractivity contribution in [1.29, 1.82) is 0 Å². The monoisotopic (exact) mass is 829 g/mol. The molecule has 1 radical (unpaired) electrons. The van der Waals surface area contributed by atoms with Crippen LogP contribution in [0, 0.1) is 12.1 Å². The van der Waals surface area contributed by atoms with Crippen LogP contribution in [-0.2, 0) is 33.2 Å². The summed E-state index contributed by atoms with van der Waals surface area (Å²) in [6.07, 6.45) is 0. The molecule has 6 rings (SSSR count). The quantitative estimate of drug-likeness (QED) is 0.134.